The average molecular weight is 710 g/mol. The molecule has 1 aliphatic heterocycles. The first-order valence-electron chi connectivity index (χ1n) is 15.5. The molecule has 16 heteroatoms. The Morgan fingerprint density at radius 2 is 1.64 bits per heavy atom. The smallest absolute Gasteiger partial charge is 0.475 e. The molecule has 1 aliphatic rings. The van der Waals surface area contributed by atoms with Crippen molar-refractivity contribution in [3.8, 4) is 22.3 Å². The predicted octanol–water partition coefficient (Wildman–Crippen LogP) is 6.05. The van der Waals surface area contributed by atoms with Gasteiger partial charge in [0.1, 0.15) is 5.82 Å². The number of carboxylic acid groups (broad SMARTS) is 1. The fourth-order valence-electron chi connectivity index (χ4n) is 5.64. The molecular formula is C34H31F4N7O4S. The lowest BCUT2D eigenvalue weighted by Crippen LogP contribution is -2.29. The maximum absolute atomic E-state index is 13.9. The van der Waals surface area contributed by atoms with Crippen molar-refractivity contribution in [3.05, 3.63) is 109 Å². The van der Waals surface area contributed by atoms with Gasteiger partial charge < -0.3 is 10.4 Å². The summed E-state index contributed by atoms with van der Waals surface area (Å²) in [5, 5.41) is 20.3. The van der Waals surface area contributed by atoms with E-state index in [9.17, 15) is 26.0 Å². The van der Waals surface area contributed by atoms with Gasteiger partial charge in [-0.2, -0.15) is 23.4 Å². The number of rotatable bonds is 7. The van der Waals surface area contributed by atoms with Crippen LogP contribution < -0.4 is 5.32 Å². The molecule has 0 aliphatic carbocycles. The molecule has 0 radical (unpaired) electrons. The molecule has 5 heterocycles. The van der Waals surface area contributed by atoms with Crippen molar-refractivity contribution >= 4 is 27.0 Å². The van der Waals surface area contributed by atoms with Crippen molar-refractivity contribution in [2.24, 2.45) is 0 Å². The number of benzene rings is 2. The largest absolute Gasteiger partial charge is 0.490 e. The minimum atomic E-state index is -5.08. The maximum Gasteiger partial charge on any atom is 0.490 e. The van der Waals surface area contributed by atoms with Crippen LogP contribution in [0.15, 0.2) is 96.7 Å². The van der Waals surface area contributed by atoms with Crippen molar-refractivity contribution in [1.82, 2.24) is 33.8 Å². The second kappa shape index (κ2) is 13.9. The minimum Gasteiger partial charge on any atom is -0.475 e. The Labute approximate surface area is 283 Å². The molecule has 1 fully saturated rings. The number of carboxylic acids is 1. The van der Waals surface area contributed by atoms with E-state index in [1.807, 2.05) is 42.3 Å². The lowest BCUT2D eigenvalue weighted by molar-refractivity contribution is -0.192. The van der Waals surface area contributed by atoms with Crippen LogP contribution in [-0.2, 0) is 21.4 Å². The molecule has 0 bridgehead atoms. The highest BCUT2D eigenvalue weighted by Gasteiger charge is 2.38. The van der Waals surface area contributed by atoms with E-state index >= 15 is 0 Å². The van der Waals surface area contributed by atoms with Crippen LogP contribution in [0.5, 0.6) is 0 Å². The van der Waals surface area contributed by atoms with Gasteiger partial charge in [0.15, 0.2) is 5.65 Å². The van der Waals surface area contributed by atoms with Crippen molar-refractivity contribution in [1.29, 1.82) is 0 Å². The number of hydrogen-bond acceptors (Lipinski definition) is 7. The zero-order valence-corrected chi connectivity index (χ0v) is 27.4. The summed E-state index contributed by atoms with van der Waals surface area (Å²) in [6, 6.07) is 15.5. The summed E-state index contributed by atoms with van der Waals surface area (Å²) in [5.74, 6) is -3.07. The molecule has 7 rings (SSSR count). The van der Waals surface area contributed by atoms with Crippen LogP contribution in [0.25, 0.3) is 33.3 Å². The fraction of sp³-hybridized carbons (Fsp3) is 0.235. The highest BCUT2D eigenvalue weighted by atomic mass is 32.2. The highest BCUT2D eigenvalue weighted by molar-refractivity contribution is 7.90. The standard InChI is InChI=1S/C32H30FN7O2S.C2HF3O2/c1-22-5-7-29(8-6-22)43(41,42)40-21-31(26-17-36-38(19-26)18-23-3-2-4-27(33)13-23)30-14-24(15-35-32(30)40)25-16-37-39(20-25)28-9-11-34-12-10-28;3-2(4,5)1(6)7/h2-8,13-17,19-21,28,34H,9-12,18H2,1H3;(H,6,7). The summed E-state index contributed by atoms with van der Waals surface area (Å²) in [7, 11) is -3.94. The summed E-state index contributed by atoms with van der Waals surface area (Å²) in [6.45, 7) is 4.22. The van der Waals surface area contributed by atoms with Crippen molar-refractivity contribution in [3.63, 3.8) is 0 Å². The number of nitrogens with one attached hydrogen (secondary N) is 1. The first-order valence-corrected chi connectivity index (χ1v) is 16.9. The molecule has 0 atom stereocenters. The molecule has 11 nitrogen and oxygen atoms in total. The first kappa shape index (κ1) is 34.5. The van der Waals surface area contributed by atoms with E-state index in [-0.39, 0.29) is 10.7 Å². The number of pyridine rings is 1. The van der Waals surface area contributed by atoms with Gasteiger partial charge in [-0.25, -0.2) is 26.6 Å². The van der Waals surface area contributed by atoms with Crippen LogP contribution in [0.2, 0.25) is 0 Å². The lowest BCUT2D eigenvalue weighted by atomic mass is 10.1. The molecule has 0 saturated carbocycles. The van der Waals surface area contributed by atoms with Gasteiger partial charge in [0.05, 0.1) is 29.9 Å². The summed E-state index contributed by atoms with van der Waals surface area (Å²) in [4.78, 5) is 13.8. The molecular weight excluding hydrogens is 678 g/mol. The number of aliphatic carboxylic acids is 1. The molecule has 2 N–H and O–H groups in total. The Balaban J connectivity index is 0.000000561. The van der Waals surface area contributed by atoms with Crippen molar-refractivity contribution in [2.45, 2.75) is 43.4 Å². The van der Waals surface area contributed by atoms with E-state index < -0.39 is 22.2 Å². The Morgan fingerprint density at radius 3 is 2.32 bits per heavy atom. The van der Waals surface area contributed by atoms with E-state index in [0.29, 0.717) is 29.2 Å². The summed E-state index contributed by atoms with van der Waals surface area (Å²) >= 11 is 0. The molecule has 0 spiro atoms. The Hall–Kier alpha value is -5.35. The maximum atomic E-state index is 13.9. The average Bonchev–Trinajstić information content (AvgIpc) is 3.84. The fourth-order valence-corrected chi connectivity index (χ4v) is 6.97. The van der Waals surface area contributed by atoms with Crippen LogP contribution in [0.1, 0.15) is 30.0 Å². The van der Waals surface area contributed by atoms with Crippen LogP contribution in [0.4, 0.5) is 17.6 Å². The summed E-state index contributed by atoms with van der Waals surface area (Å²) in [6.07, 6.45) is 7.66. The third-order valence-corrected chi connectivity index (χ3v) is 9.89. The number of alkyl halides is 3. The number of aryl methyl sites for hydroxylation is 1. The number of halogens is 4. The zero-order valence-electron chi connectivity index (χ0n) is 26.5. The third kappa shape index (κ3) is 7.45. The molecule has 1 saturated heterocycles. The summed E-state index contributed by atoms with van der Waals surface area (Å²) < 4.78 is 78.2. The Bertz CT molecular complexity index is 2250. The number of carbonyl (C=O) groups is 1. The normalized spacial score (nSPS) is 14.0. The van der Waals surface area contributed by atoms with Crippen LogP contribution in [0.3, 0.4) is 0 Å². The number of fused-ring (bicyclic) bond motifs is 1. The van der Waals surface area contributed by atoms with Gasteiger partial charge in [-0.3, -0.25) is 9.36 Å². The van der Waals surface area contributed by atoms with Gasteiger partial charge in [0.2, 0.25) is 0 Å². The zero-order chi connectivity index (χ0) is 35.6. The van der Waals surface area contributed by atoms with E-state index in [1.165, 1.54) is 16.1 Å². The van der Waals surface area contributed by atoms with E-state index in [1.54, 1.807) is 53.6 Å². The predicted molar refractivity (Wildman–Crippen MR) is 176 cm³/mol. The number of hydrogen-bond donors (Lipinski definition) is 2. The monoisotopic (exact) mass is 709 g/mol. The second-order valence-electron chi connectivity index (χ2n) is 11.8. The molecule has 0 amide bonds. The molecule has 6 aromatic rings. The number of piperidine rings is 1. The third-order valence-electron chi connectivity index (χ3n) is 8.23. The van der Waals surface area contributed by atoms with Gasteiger partial charge in [-0.15, -0.1) is 0 Å². The molecule has 0 unspecified atom stereocenters. The van der Waals surface area contributed by atoms with E-state index in [0.717, 1.165) is 53.7 Å². The van der Waals surface area contributed by atoms with Gasteiger partial charge in [-0.05, 0) is 68.8 Å². The Kier molecular flexibility index (Phi) is 9.58. The van der Waals surface area contributed by atoms with Crippen molar-refractivity contribution < 1.29 is 35.9 Å². The molecule has 4 aromatic heterocycles. The van der Waals surface area contributed by atoms with E-state index in [2.05, 4.69) is 20.5 Å². The van der Waals surface area contributed by atoms with Gasteiger partial charge >= 0.3 is 12.1 Å². The minimum absolute atomic E-state index is 0.178. The quantitative estimate of drug-likeness (QED) is 0.191. The van der Waals surface area contributed by atoms with E-state index in [4.69, 9.17) is 9.90 Å². The lowest BCUT2D eigenvalue weighted by Gasteiger charge is -2.22. The van der Waals surface area contributed by atoms with Gasteiger partial charge in [0, 0.05) is 52.4 Å². The van der Waals surface area contributed by atoms with Crippen molar-refractivity contribution in [2.75, 3.05) is 13.1 Å². The van der Waals surface area contributed by atoms with Crippen LogP contribution in [0, 0.1) is 12.7 Å². The van der Waals surface area contributed by atoms with Crippen LogP contribution in [-0.4, -0.2) is 67.3 Å². The molecule has 50 heavy (non-hydrogen) atoms. The SMILES string of the molecule is Cc1ccc(S(=O)(=O)n2cc(-c3cnn(Cc4cccc(F)c4)c3)c3cc(-c4cnn(C5CCNCC5)c4)cnc32)cc1.O=C(O)C(F)(F)F. The van der Waals surface area contributed by atoms with Gasteiger partial charge in [-0.1, -0.05) is 29.8 Å². The second-order valence-corrected chi connectivity index (χ2v) is 13.6. The molecule has 2 aromatic carbocycles. The number of nitrogens with zero attached hydrogens (tertiary/aromatic N) is 6. The Morgan fingerprint density at radius 1 is 0.940 bits per heavy atom. The first-order chi connectivity index (χ1) is 23.8. The van der Waals surface area contributed by atoms with Crippen LogP contribution >= 0.6 is 0 Å². The molecule has 260 valence electrons. The highest BCUT2D eigenvalue weighted by Crippen LogP contribution is 2.35. The topological polar surface area (TPSA) is 137 Å². The van der Waals surface area contributed by atoms with Gasteiger partial charge in [0.25, 0.3) is 10.0 Å². The number of aromatic nitrogens is 6. The summed E-state index contributed by atoms with van der Waals surface area (Å²) in [5.41, 5.74) is 5.22.